The molecular weight excluding hydrogens is 478 g/mol. The van der Waals surface area contributed by atoms with E-state index < -0.39 is 0 Å². The highest BCUT2D eigenvalue weighted by molar-refractivity contribution is 9.11. The summed E-state index contributed by atoms with van der Waals surface area (Å²) in [4.78, 5) is 22.7. The second-order valence-electron chi connectivity index (χ2n) is 6.49. The van der Waals surface area contributed by atoms with Crippen molar-refractivity contribution in [1.82, 2.24) is 5.32 Å². The topological polar surface area (TPSA) is 75.6 Å². The molecule has 0 aliphatic rings. The number of halogens is 2. The van der Waals surface area contributed by atoms with Crippen LogP contribution in [0.1, 0.15) is 46.8 Å². The first-order valence-corrected chi connectivity index (χ1v) is 9.97. The van der Waals surface area contributed by atoms with Gasteiger partial charge in [0.2, 0.25) is 0 Å². The van der Waals surface area contributed by atoms with Crippen LogP contribution >= 0.6 is 31.9 Å². The van der Waals surface area contributed by atoms with E-state index in [-0.39, 0.29) is 24.1 Å². The predicted octanol–water partition coefficient (Wildman–Crippen LogP) is 5.38. The highest BCUT2D eigenvalue weighted by Crippen LogP contribution is 2.42. The van der Waals surface area contributed by atoms with E-state index >= 15 is 0 Å². The lowest BCUT2D eigenvalue weighted by Crippen LogP contribution is -2.26. The van der Waals surface area contributed by atoms with Crippen LogP contribution in [0.25, 0.3) is 0 Å². The number of ether oxygens (including phenoxy) is 1. The van der Waals surface area contributed by atoms with Crippen molar-refractivity contribution in [3.63, 3.8) is 0 Å². The van der Waals surface area contributed by atoms with Crippen LogP contribution < -0.4 is 10.1 Å². The average molecular weight is 499 g/mol. The summed E-state index contributed by atoms with van der Waals surface area (Å²) in [5.41, 5.74) is 2.66. The van der Waals surface area contributed by atoms with Crippen LogP contribution in [-0.4, -0.2) is 23.8 Å². The number of aryl methyl sites for hydroxylation is 1. The molecule has 2 aromatic rings. The van der Waals surface area contributed by atoms with Gasteiger partial charge in [-0.25, -0.2) is 0 Å². The average Bonchev–Trinajstić information content (AvgIpc) is 2.62. The minimum atomic E-state index is -0.338. The fourth-order valence-electron chi connectivity index (χ4n) is 2.64. The van der Waals surface area contributed by atoms with Crippen molar-refractivity contribution in [2.24, 2.45) is 0 Å². The lowest BCUT2D eigenvalue weighted by Gasteiger charge is -2.17. The molecule has 0 radical (unpaired) electrons. The lowest BCUT2D eigenvalue weighted by molar-refractivity contribution is -0.107. The van der Waals surface area contributed by atoms with Gasteiger partial charge < -0.3 is 20.0 Å². The third kappa shape index (κ3) is 4.71. The lowest BCUT2D eigenvalue weighted by atomic mass is 9.99. The number of nitrogens with one attached hydrogen (secondary N) is 1. The van der Waals surface area contributed by atoms with Crippen LogP contribution in [0.3, 0.4) is 0 Å². The van der Waals surface area contributed by atoms with Crippen LogP contribution in [0, 0.1) is 13.8 Å². The van der Waals surface area contributed by atoms with Crippen molar-refractivity contribution in [2.75, 3.05) is 6.54 Å². The molecule has 0 bridgehead atoms. The molecule has 0 unspecified atom stereocenters. The number of carbonyl (C=O) groups excluding carboxylic acids is 2. The number of hydrogen-bond acceptors (Lipinski definition) is 4. The summed E-state index contributed by atoms with van der Waals surface area (Å²) < 4.78 is 7.29. The number of amides is 1. The van der Waals surface area contributed by atoms with E-state index in [2.05, 4.69) is 37.2 Å². The van der Waals surface area contributed by atoms with Gasteiger partial charge in [0, 0.05) is 11.1 Å². The van der Waals surface area contributed by atoms with Crippen LogP contribution in [-0.2, 0) is 4.79 Å². The summed E-state index contributed by atoms with van der Waals surface area (Å²) >= 11 is 6.95. The zero-order valence-corrected chi connectivity index (χ0v) is 18.7. The maximum Gasteiger partial charge on any atom is 0.251 e. The highest BCUT2D eigenvalue weighted by Gasteiger charge is 2.20. The Morgan fingerprint density at radius 1 is 1.26 bits per heavy atom. The molecule has 0 aliphatic carbocycles. The number of phenols is 1. The molecule has 0 saturated heterocycles. The van der Waals surface area contributed by atoms with E-state index in [1.165, 1.54) is 0 Å². The molecule has 0 aliphatic heterocycles. The molecule has 27 heavy (non-hydrogen) atoms. The van der Waals surface area contributed by atoms with E-state index in [4.69, 9.17) is 4.74 Å². The predicted molar refractivity (Wildman–Crippen MR) is 112 cm³/mol. The van der Waals surface area contributed by atoms with E-state index in [0.717, 1.165) is 11.1 Å². The molecule has 0 spiro atoms. The molecule has 144 valence electrons. The van der Waals surface area contributed by atoms with E-state index in [9.17, 15) is 14.7 Å². The molecule has 0 heterocycles. The summed E-state index contributed by atoms with van der Waals surface area (Å²) in [6.45, 7) is 7.57. The Labute approximate surface area is 175 Å². The Bertz CT molecular complexity index is 894. The number of rotatable bonds is 6. The second kappa shape index (κ2) is 8.89. The third-order valence-corrected chi connectivity index (χ3v) is 5.70. The van der Waals surface area contributed by atoms with Crippen LogP contribution in [0.2, 0.25) is 0 Å². The summed E-state index contributed by atoms with van der Waals surface area (Å²) in [6.07, 6.45) is 0.633. The van der Waals surface area contributed by atoms with Gasteiger partial charge in [0.15, 0.2) is 5.75 Å². The molecule has 5 nitrogen and oxygen atoms in total. The number of carbonyl (C=O) groups is 2. The smallest absolute Gasteiger partial charge is 0.251 e. The Morgan fingerprint density at radius 3 is 2.52 bits per heavy atom. The highest BCUT2D eigenvalue weighted by atomic mass is 79.9. The van der Waals surface area contributed by atoms with Gasteiger partial charge in [-0.3, -0.25) is 4.79 Å². The van der Waals surface area contributed by atoms with Crippen molar-refractivity contribution in [1.29, 1.82) is 0 Å². The molecule has 0 saturated carbocycles. The fraction of sp³-hybridized carbons (Fsp3) is 0.300. The van der Waals surface area contributed by atoms with Gasteiger partial charge >= 0.3 is 0 Å². The molecule has 2 aromatic carbocycles. The zero-order valence-electron chi connectivity index (χ0n) is 15.5. The van der Waals surface area contributed by atoms with Gasteiger partial charge in [-0.05, 0) is 81.0 Å². The third-order valence-electron chi connectivity index (χ3n) is 4.16. The SMILES string of the molecule is Cc1cc(Oc2c(Br)cc(C(=O)NCC=O)c(C)c2Br)cc(C(C)C)c1O. The molecule has 2 rings (SSSR count). The number of benzene rings is 2. The van der Waals surface area contributed by atoms with Crippen molar-refractivity contribution in [3.8, 4) is 17.2 Å². The maximum atomic E-state index is 12.2. The standard InChI is InChI=1S/C20H21Br2NO4/c1-10(2)14-8-13(7-11(3)18(14)25)27-19-16(21)9-15(12(4)17(19)22)20(26)23-5-6-24/h6-10,25H,5H2,1-4H3,(H,23,26). The number of aldehydes is 1. The number of hydrogen-bond donors (Lipinski definition) is 2. The van der Waals surface area contributed by atoms with Gasteiger partial charge in [0.25, 0.3) is 5.91 Å². The van der Waals surface area contributed by atoms with Crippen molar-refractivity contribution in [2.45, 2.75) is 33.6 Å². The molecule has 0 atom stereocenters. The first kappa shape index (κ1) is 21.4. The minimum Gasteiger partial charge on any atom is -0.507 e. The van der Waals surface area contributed by atoms with Gasteiger partial charge in [0.05, 0.1) is 15.5 Å². The maximum absolute atomic E-state index is 12.2. The number of aromatic hydroxyl groups is 1. The summed E-state index contributed by atoms with van der Waals surface area (Å²) in [6, 6.07) is 5.23. The van der Waals surface area contributed by atoms with Crippen LogP contribution in [0.4, 0.5) is 0 Å². The Hall–Kier alpha value is -1.86. The first-order chi connectivity index (χ1) is 12.7. The molecule has 0 aromatic heterocycles. The molecule has 7 heteroatoms. The molecule has 1 amide bonds. The van der Waals surface area contributed by atoms with Gasteiger partial charge in [-0.2, -0.15) is 0 Å². The van der Waals surface area contributed by atoms with E-state index in [1.54, 1.807) is 19.1 Å². The van der Waals surface area contributed by atoms with Gasteiger partial charge in [0.1, 0.15) is 17.8 Å². The second-order valence-corrected chi connectivity index (χ2v) is 8.13. The summed E-state index contributed by atoms with van der Waals surface area (Å²) in [5, 5.41) is 12.8. The van der Waals surface area contributed by atoms with E-state index in [1.807, 2.05) is 26.8 Å². The van der Waals surface area contributed by atoms with Crippen molar-refractivity contribution in [3.05, 3.63) is 49.4 Å². The monoisotopic (exact) mass is 497 g/mol. The normalized spacial score (nSPS) is 10.8. The molecule has 0 fully saturated rings. The van der Waals surface area contributed by atoms with Gasteiger partial charge in [-0.1, -0.05) is 13.8 Å². The largest absolute Gasteiger partial charge is 0.507 e. The van der Waals surface area contributed by atoms with Crippen LogP contribution in [0.5, 0.6) is 17.2 Å². The molecule has 2 N–H and O–H groups in total. The number of phenolic OH excluding ortho intramolecular Hbond substituents is 1. The summed E-state index contributed by atoms with van der Waals surface area (Å²) in [7, 11) is 0. The molecular formula is C20H21Br2NO4. The Morgan fingerprint density at radius 2 is 1.93 bits per heavy atom. The Kier molecular flexibility index (Phi) is 7.06. The van der Waals surface area contributed by atoms with Crippen molar-refractivity contribution < 1.29 is 19.4 Å². The minimum absolute atomic E-state index is 0.0451. The Balaban J connectivity index is 2.45. The fourth-order valence-corrected chi connectivity index (χ4v) is 3.92. The van der Waals surface area contributed by atoms with Crippen molar-refractivity contribution >= 4 is 44.1 Å². The zero-order chi connectivity index (χ0) is 20.3. The quantitative estimate of drug-likeness (QED) is 0.524. The summed E-state index contributed by atoms with van der Waals surface area (Å²) in [5.74, 6) is 1.20. The van der Waals surface area contributed by atoms with Gasteiger partial charge in [-0.15, -0.1) is 0 Å². The van der Waals surface area contributed by atoms with Crippen LogP contribution in [0.15, 0.2) is 27.1 Å². The van der Waals surface area contributed by atoms with E-state index in [0.29, 0.717) is 37.9 Å². The first-order valence-electron chi connectivity index (χ1n) is 8.39.